The Morgan fingerprint density at radius 1 is 0.875 bits per heavy atom. The highest BCUT2D eigenvalue weighted by molar-refractivity contribution is 7.80. The summed E-state index contributed by atoms with van der Waals surface area (Å²) in [5.41, 5.74) is 10.6. The van der Waals surface area contributed by atoms with Crippen LogP contribution in [0.1, 0.15) is 32.6 Å². The van der Waals surface area contributed by atoms with E-state index in [4.69, 9.17) is 16.6 Å². The summed E-state index contributed by atoms with van der Waals surface area (Å²) in [6.45, 7) is 1.20. The lowest BCUT2D eigenvalue weighted by atomic mass is 10.1. The first-order valence-electron chi connectivity index (χ1n) is 9.48. The molecule has 32 heavy (non-hydrogen) atoms. The molecule has 182 valence electrons. The number of amides is 4. The van der Waals surface area contributed by atoms with E-state index in [1.54, 1.807) is 0 Å². The predicted molar refractivity (Wildman–Crippen MR) is 112 cm³/mol. The van der Waals surface area contributed by atoms with E-state index < -0.39 is 78.7 Å². The minimum Gasteiger partial charge on any atom is -0.481 e. The van der Waals surface area contributed by atoms with E-state index in [-0.39, 0.29) is 18.6 Å². The van der Waals surface area contributed by atoms with E-state index in [9.17, 15) is 39.0 Å². The number of thiol groups is 1. The molecule has 0 bridgehead atoms. The average Bonchev–Trinajstić information content (AvgIpc) is 2.70. The van der Waals surface area contributed by atoms with Crippen LogP contribution in [0.15, 0.2) is 0 Å². The van der Waals surface area contributed by atoms with E-state index in [0.29, 0.717) is 0 Å². The third-order valence-electron chi connectivity index (χ3n) is 4.17. The third kappa shape index (κ3) is 10.9. The van der Waals surface area contributed by atoms with Crippen molar-refractivity contribution in [1.29, 1.82) is 0 Å². The molecule has 0 aliphatic heterocycles. The number of carboxylic acids is 2. The molecular formula is C17H29N5O9S. The van der Waals surface area contributed by atoms with Gasteiger partial charge in [0.2, 0.25) is 23.6 Å². The Morgan fingerprint density at radius 2 is 1.41 bits per heavy atom. The number of hydrogen-bond acceptors (Lipinski definition) is 9. The number of carbonyl (C=O) groups excluding carboxylic acids is 4. The highest BCUT2D eigenvalue weighted by atomic mass is 32.1. The number of carboxylic acid groups (broad SMARTS) is 2. The van der Waals surface area contributed by atoms with Gasteiger partial charge in [-0.1, -0.05) is 0 Å². The van der Waals surface area contributed by atoms with Crippen molar-refractivity contribution >= 4 is 48.2 Å². The third-order valence-corrected chi connectivity index (χ3v) is 4.56. The molecule has 5 unspecified atom stereocenters. The summed E-state index contributed by atoms with van der Waals surface area (Å²) in [4.78, 5) is 70.2. The van der Waals surface area contributed by atoms with Gasteiger partial charge in [-0.25, -0.2) is 4.79 Å². The monoisotopic (exact) mass is 479 g/mol. The Labute approximate surface area is 188 Å². The molecule has 0 heterocycles. The molecule has 0 spiro atoms. The molecule has 0 saturated heterocycles. The number of aliphatic carboxylic acids is 2. The molecule has 0 aliphatic rings. The first kappa shape index (κ1) is 29.1. The van der Waals surface area contributed by atoms with E-state index in [1.807, 2.05) is 0 Å². The van der Waals surface area contributed by atoms with E-state index >= 15 is 0 Å². The van der Waals surface area contributed by atoms with Crippen LogP contribution in [0, 0.1) is 0 Å². The molecule has 15 heteroatoms. The Balaban J connectivity index is 5.48. The van der Waals surface area contributed by atoms with Gasteiger partial charge in [0.15, 0.2) is 0 Å². The van der Waals surface area contributed by atoms with Gasteiger partial charge in [-0.15, -0.1) is 0 Å². The maximum atomic E-state index is 12.6. The zero-order chi connectivity index (χ0) is 25.0. The largest absolute Gasteiger partial charge is 0.481 e. The number of aliphatic hydroxyl groups is 1. The Kier molecular flexibility index (Phi) is 12.9. The summed E-state index contributed by atoms with van der Waals surface area (Å²) in [6.07, 6.45) is -3.07. The number of carbonyl (C=O) groups is 6. The van der Waals surface area contributed by atoms with Crippen LogP contribution in [0.5, 0.6) is 0 Å². The maximum absolute atomic E-state index is 12.6. The molecule has 5 atom stereocenters. The smallest absolute Gasteiger partial charge is 0.326 e. The van der Waals surface area contributed by atoms with Crippen LogP contribution in [0.25, 0.3) is 0 Å². The summed E-state index contributed by atoms with van der Waals surface area (Å²) in [7, 11) is 0. The quantitative estimate of drug-likeness (QED) is 0.104. The molecule has 14 nitrogen and oxygen atoms in total. The Morgan fingerprint density at radius 3 is 1.84 bits per heavy atom. The van der Waals surface area contributed by atoms with Gasteiger partial charge in [0.05, 0.1) is 12.1 Å². The van der Waals surface area contributed by atoms with Crippen molar-refractivity contribution in [2.75, 3.05) is 5.75 Å². The minimum absolute atomic E-state index is 0.0451. The first-order valence-corrected chi connectivity index (χ1v) is 10.1. The fourth-order valence-corrected chi connectivity index (χ4v) is 2.53. The molecule has 10 N–H and O–H groups in total. The summed E-state index contributed by atoms with van der Waals surface area (Å²) in [5, 5.41) is 34.3. The summed E-state index contributed by atoms with van der Waals surface area (Å²) in [5.74, 6) is -6.47. The molecule has 0 fully saturated rings. The van der Waals surface area contributed by atoms with Gasteiger partial charge >= 0.3 is 11.9 Å². The van der Waals surface area contributed by atoms with E-state index in [2.05, 4.69) is 28.6 Å². The molecule has 0 radical (unpaired) electrons. The molecule has 0 rings (SSSR count). The van der Waals surface area contributed by atoms with Gasteiger partial charge in [0, 0.05) is 18.6 Å². The number of rotatable bonds is 15. The highest BCUT2D eigenvalue weighted by Gasteiger charge is 2.32. The fourth-order valence-electron chi connectivity index (χ4n) is 2.36. The lowest BCUT2D eigenvalue weighted by molar-refractivity contribution is -0.143. The zero-order valence-corrected chi connectivity index (χ0v) is 18.2. The van der Waals surface area contributed by atoms with Gasteiger partial charge in [-0.2, -0.15) is 12.6 Å². The van der Waals surface area contributed by atoms with Crippen molar-refractivity contribution in [3.8, 4) is 0 Å². The van der Waals surface area contributed by atoms with Crippen molar-refractivity contribution < 1.29 is 44.1 Å². The Bertz CT molecular complexity index is 719. The molecule has 4 amide bonds. The van der Waals surface area contributed by atoms with Crippen LogP contribution in [0.3, 0.4) is 0 Å². The summed E-state index contributed by atoms with van der Waals surface area (Å²) >= 11 is 3.86. The van der Waals surface area contributed by atoms with Crippen LogP contribution in [0.2, 0.25) is 0 Å². The van der Waals surface area contributed by atoms with Gasteiger partial charge in [-0.3, -0.25) is 24.0 Å². The number of nitrogens with two attached hydrogens (primary N) is 2. The highest BCUT2D eigenvalue weighted by Crippen LogP contribution is 2.04. The first-order chi connectivity index (χ1) is 14.8. The minimum atomic E-state index is -1.58. The Hall–Kier alpha value is -2.91. The van der Waals surface area contributed by atoms with E-state index in [0.717, 1.165) is 0 Å². The van der Waals surface area contributed by atoms with E-state index in [1.165, 1.54) is 6.92 Å². The second-order valence-corrected chi connectivity index (χ2v) is 7.28. The fraction of sp³-hybridized carbons (Fsp3) is 0.647. The summed E-state index contributed by atoms with van der Waals surface area (Å²) in [6, 6.07) is -5.66. The maximum Gasteiger partial charge on any atom is 0.326 e. The molecule has 0 aliphatic carbocycles. The average molecular weight is 480 g/mol. The molecule has 0 aromatic carbocycles. The summed E-state index contributed by atoms with van der Waals surface area (Å²) < 4.78 is 0. The van der Waals surface area contributed by atoms with Crippen molar-refractivity contribution in [2.45, 2.75) is 62.9 Å². The van der Waals surface area contributed by atoms with Crippen LogP contribution >= 0.6 is 12.6 Å². The van der Waals surface area contributed by atoms with Crippen LogP contribution in [0.4, 0.5) is 0 Å². The second-order valence-electron chi connectivity index (χ2n) is 6.91. The molecule has 0 aromatic rings. The SMILES string of the molecule is CC(O)C(NC(=O)C(N)CS)C(=O)NC(CCC(N)=O)C(=O)NC(CCC(=O)O)C(=O)O. The second kappa shape index (κ2) is 14.2. The lowest BCUT2D eigenvalue weighted by Gasteiger charge is -2.26. The van der Waals surface area contributed by atoms with Gasteiger partial charge in [-0.05, 0) is 19.8 Å². The van der Waals surface area contributed by atoms with Crippen molar-refractivity contribution in [1.82, 2.24) is 16.0 Å². The molecule has 0 aromatic heterocycles. The lowest BCUT2D eigenvalue weighted by Crippen LogP contribution is -2.60. The normalized spacial score (nSPS) is 15.4. The number of primary amides is 1. The van der Waals surface area contributed by atoms with Gasteiger partial charge in [0.1, 0.15) is 18.1 Å². The number of hydrogen-bond donors (Lipinski definition) is 9. The van der Waals surface area contributed by atoms with Gasteiger partial charge in [0.25, 0.3) is 0 Å². The standard InChI is InChI=1S/C17H29N5O9S/c1-7(23)13(22-14(27)8(18)6-32)16(29)20-9(2-4-11(19)24)15(28)21-10(17(30)31)3-5-12(25)26/h7-10,13,23,32H,2-6,18H2,1H3,(H2,19,24)(H,20,29)(H,21,28)(H,22,27)(H,25,26)(H,30,31). The van der Waals surface area contributed by atoms with Crippen LogP contribution in [-0.4, -0.2) is 86.9 Å². The molecule has 0 saturated carbocycles. The van der Waals surface area contributed by atoms with Crippen molar-refractivity contribution in [2.24, 2.45) is 11.5 Å². The number of nitrogens with one attached hydrogen (secondary N) is 3. The van der Waals surface area contributed by atoms with Crippen LogP contribution < -0.4 is 27.4 Å². The van der Waals surface area contributed by atoms with Crippen molar-refractivity contribution in [3.05, 3.63) is 0 Å². The molecular weight excluding hydrogens is 450 g/mol. The van der Waals surface area contributed by atoms with Gasteiger partial charge < -0.3 is 42.7 Å². The van der Waals surface area contributed by atoms with Crippen molar-refractivity contribution in [3.63, 3.8) is 0 Å². The zero-order valence-electron chi connectivity index (χ0n) is 17.3. The number of aliphatic hydroxyl groups excluding tert-OH is 1. The van der Waals surface area contributed by atoms with Crippen LogP contribution in [-0.2, 0) is 28.8 Å². The topological polar surface area (TPSA) is 251 Å². The predicted octanol–water partition coefficient (Wildman–Crippen LogP) is -3.71.